The molecule has 290 valence electrons. The van der Waals surface area contributed by atoms with Crippen molar-refractivity contribution in [3.05, 3.63) is 29.8 Å². The second kappa shape index (κ2) is 19.8. The Labute approximate surface area is 307 Å². The topological polar surface area (TPSA) is 218 Å². The van der Waals surface area contributed by atoms with Crippen LogP contribution < -0.4 is 32.3 Å². The van der Waals surface area contributed by atoms with Gasteiger partial charge in [-0.25, -0.2) is 9.59 Å². The number of nitrogens with one attached hydrogen (secondary N) is 5. The molecule has 1 unspecified atom stereocenters. The molecule has 1 fully saturated rings. The minimum Gasteiger partial charge on any atom is -0.445 e. The molecule has 0 bridgehead atoms. The van der Waals surface area contributed by atoms with Gasteiger partial charge in [-0.3, -0.25) is 28.9 Å². The summed E-state index contributed by atoms with van der Waals surface area (Å²) >= 11 is 0. The third-order valence-electron chi connectivity index (χ3n) is 8.69. The summed E-state index contributed by atoms with van der Waals surface area (Å²) < 4.78 is 5.25. The zero-order valence-electron chi connectivity index (χ0n) is 32.0. The second-order valence-corrected chi connectivity index (χ2v) is 15.9. The molecular formula is C37H59N7O8. The first-order valence-corrected chi connectivity index (χ1v) is 18.0. The number of ether oxygens (including phenoxy) is 1. The summed E-state index contributed by atoms with van der Waals surface area (Å²) in [6.07, 6.45) is 2.26. The molecule has 1 heterocycles. The molecule has 15 nitrogen and oxygen atoms in total. The van der Waals surface area contributed by atoms with Crippen molar-refractivity contribution in [3.8, 4) is 0 Å². The number of primary amides is 1. The number of hydrogen-bond donors (Lipinski definition) is 6. The van der Waals surface area contributed by atoms with Crippen LogP contribution in [0.2, 0.25) is 0 Å². The number of rotatable bonds is 18. The molecule has 8 amide bonds. The van der Waals surface area contributed by atoms with E-state index < -0.39 is 36.0 Å². The highest BCUT2D eigenvalue weighted by Gasteiger charge is 2.44. The van der Waals surface area contributed by atoms with Gasteiger partial charge in [0.2, 0.25) is 29.5 Å². The predicted octanol–water partition coefficient (Wildman–Crippen LogP) is 3.56. The first kappa shape index (κ1) is 43.5. The standard InChI is InChI=1S/C37H59N7O8/c1-23(2)30(43-28(45)12-10-9-11-19-44-29(46)20-26(33(44)49)37(6,7)8)32(48)42-27(21-40-34(38)50)31(47)41-25-15-13-24(14-16-25)22-52-35(51)39-18-17-36(3,4)5/h13-16,23,26-27,30H,9-12,17-22H2,1-8H3,(H,39,51)(H,41,47)(H,42,48)(H,43,45)(H3,38,40,50)/t26?,27-,30-/m0/s1. The second-order valence-electron chi connectivity index (χ2n) is 15.9. The molecule has 7 N–H and O–H groups in total. The van der Waals surface area contributed by atoms with Crippen molar-refractivity contribution >= 4 is 47.3 Å². The fourth-order valence-corrected chi connectivity index (χ4v) is 5.43. The zero-order valence-corrected chi connectivity index (χ0v) is 32.0. The van der Waals surface area contributed by atoms with E-state index in [4.69, 9.17) is 10.5 Å². The first-order valence-electron chi connectivity index (χ1n) is 18.0. The lowest BCUT2D eigenvalue weighted by Gasteiger charge is -2.25. The van der Waals surface area contributed by atoms with Crippen LogP contribution >= 0.6 is 0 Å². The van der Waals surface area contributed by atoms with E-state index in [0.717, 1.165) is 6.42 Å². The lowest BCUT2D eigenvalue weighted by atomic mass is 9.80. The maximum Gasteiger partial charge on any atom is 0.407 e. The molecule has 0 aliphatic carbocycles. The van der Waals surface area contributed by atoms with Crippen LogP contribution in [-0.4, -0.2) is 78.3 Å². The highest BCUT2D eigenvalue weighted by molar-refractivity contribution is 6.04. The Morgan fingerprint density at radius 2 is 1.56 bits per heavy atom. The number of benzene rings is 1. The van der Waals surface area contributed by atoms with Crippen LogP contribution in [0.5, 0.6) is 0 Å². The van der Waals surface area contributed by atoms with Gasteiger partial charge < -0.3 is 37.1 Å². The quantitative estimate of drug-likeness (QED) is 0.0967. The van der Waals surface area contributed by atoms with Gasteiger partial charge in [0.15, 0.2) is 0 Å². The molecule has 1 aliphatic rings. The maximum atomic E-state index is 13.3. The van der Waals surface area contributed by atoms with Gasteiger partial charge in [-0.15, -0.1) is 0 Å². The fraction of sp³-hybridized carbons (Fsp3) is 0.649. The van der Waals surface area contributed by atoms with Crippen molar-refractivity contribution in [3.63, 3.8) is 0 Å². The van der Waals surface area contributed by atoms with Crippen LogP contribution in [0.4, 0.5) is 15.3 Å². The molecule has 0 aromatic heterocycles. The minimum atomic E-state index is -1.23. The highest BCUT2D eigenvalue weighted by atomic mass is 16.5. The molecule has 1 aromatic rings. The summed E-state index contributed by atoms with van der Waals surface area (Å²) in [6, 6.07) is 3.46. The summed E-state index contributed by atoms with van der Waals surface area (Å²) in [5.41, 5.74) is 6.09. The number of nitrogens with two attached hydrogens (primary N) is 1. The molecule has 1 aromatic carbocycles. The van der Waals surface area contributed by atoms with E-state index >= 15 is 0 Å². The van der Waals surface area contributed by atoms with Crippen molar-refractivity contribution in [1.82, 2.24) is 26.2 Å². The Kier molecular flexibility index (Phi) is 16.5. The van der Waals surface area contributed by atoms with Gasteiger partial charge in [0.1, 0.15) is 18.7 Å². The van der Waals surface area contributed by atoms with Crippen LogP contribution in [0, 0.1) is 22.7 Å². The number of urea groups is 1. The number of imide groups is 1. The number of nitrogens with zero attached hydrogens (tertiary/aromatic N) is 1. The maximum absolute atomic E-state index is 13.3. The number of alkyl carbamates (subject to hydrolysis) is 1. The molecule has 2 rings (SSSR count). The summed E-state index contributed by atoms with van der Waals surface area (Å²) in [5.74, 6) is -2.60. The molecular weight excluding hydrogens is 670 g/mol. The van der Waals surface area contributed by atoms with Gasteiger partial charge in [0.05, 0.1) is 5.92 Å². The van der Waals surface area contributed by atoms with Crippen LogP contribution in [0.1, 0.15) is 99.5 Å². The lowest BCUT2D eigenvalue weighted by Crippen LogP contribution is -2.57. The largest absolute Gasteiger partial charge is 0.445 e. The van der Waals surface area contributed by atoms with Crippen LogP contribution in [0.3, 0.4) is 0 Å². The zero-order chi connectivity index (χ0) is 39.2. The third kappa shape index (κ3) is 15.3. The number of hydrogen-bond acceptors (Lipinski definition) is 8. The molecule has 52 heavy (non-hydrogen) atoms. The van der Waals surface area contributed by atoms with Crippen molar-refractivity contribution in [2.45, 2.75) is 113 Å². The average molecular weight is 730 g/mol. The van der Waals surface area contributed by atoms with Gasteiger partial charge in [0, 0.05) is 38.2 Å². The Bertz CT molecular complexity index is 1420. The van der Waals surface area contributed by atoms with Crippen molar-refractivity contribution in [1.29, 1.82) is 0 Å². The van der Waals surface area contributed by atoms with E-state index in [1.165, 1.54) is 4.90 Å². The molecule has 1 aliphatic heterocycles. The van der Waals surface area contributed by atoms with Crippen LogP contribution in [0.25, 0.3) is 0 Å². The van der Waals surface area contributed by atoms with E-state index in [0.29, 0.717) is 43.6 Å². The summed E-state index contributed by atoms with van der Waals surface area (Å²) in [4.78, 5) is 89.2. The van der Waals surface area contributed by atoms with Crippen molar-refractivity contribution in [2.24, 2.45) is 28.4 Å². The van der Waals surface area contributed by atoms with E-state index in [2.05, 4.69) is 47.4 Å². The van der Waals surface area contributed by atoms with Crippen molar-refractivity contribution in [2.75, 3.05) is 25.0 Å². The molecule has 3 atom stereocenters. The number of unbranched alkanes of at least 4 members (excludes halogenated alkanes) is 2. The Morgan fingerprint density at radius 3 is 2.12 bits per heavy atom. The first-order chi connectivity index (χ1) is 24.2. The Hall–Kier alpha value is -4.69. The smallest absolute Gasteiger partial charge is 0.407 e. The van der Waals surface area contributed by atoms with Gasteiger partial charge in [-0.2, -0.15) is 0 Å². The van der Waals surface area contributed by atoms with Gasteiger partial charge in [0.25, 0.3) is 0 Å². The predicted molar refractivity (Wildman–Crippen MR) is 196 cm³/mol. The van der Waals surface area contributed by atoms with E-state index in [9.17, 15) is 33.6 Å². The number of anilines is 1. The Balaban J connectivity index is 1.89. The summed E-state index contributed by atoms with van der Waals surface area (Å²) in [7, 11) is 0. The molecule has 15 heteroatoms. The summed E-state index contributed by atoms with van der Waals surface area (Å²) in [6.45, 7) is 16.1. The average Bonchev–Trinajstić information content (AvgIpc) is 3.33. The van der Waals surface area contributed by atoms with Gasteiger partial charge >= 0.3 is 12.1 Å². The van der Waals surface area contributed by atoms with Gasteiger partial charge in [-0.1, -0.05) is 73.9 Å². The molecule has 0 saturated carbocycles. The Morgan fingerprint density at radius 1 is 0.904 bits per heavy atom. The number of carbonyl (C=O) groups excluding carboxylic acids is 7. The minimum absolute atomic E-state index is 0.0256. The van der Waals surface area contributed by atoms with E-state index in [1.54, 1.807) is 38.1 Å². The summed E-state index contributed by atoms with van der Waals surface area (Å²) in [5, 5.41) is 13.1. The van der Waals surface area contributed by atoms with Crippen LogP contribution in [-0.2, 0) is 35.3 Å². The third-order valence-corrected chi connectivity index (χ3v) is 8.69. The number of likely N-dealkylation sites (tertiary alicyclic amines) is 1. The SMILES string of the molecule is CC(C)[C@H](NC(=O)CCCCCN1C(=O)CC(C(C)(C)C)C1=O)C(=O)N[C@@H](CNC(N)=O)C(=O)Nc1ccc(COC(=O)NCCC(C)(C)C)cc1. The number of amides is 8. The highest BCUT2D eigenvalue weighted by Crippen LogP contribution is 2.35. The van der Waals surface area contributed by atoms with Crippen molar-refractivity contribution < 1.29 is 38.3 Å². The number of carbonyl (C=O) groups is 7. The normalized spacial score (nSPS) is 15.9. The van der Waals surface area contributed by atoms with Gasteiger partial charge in [-0.05, 0) is 53.7 Å². The van der Waals surface area contributed by atoms with Crippen LogP contribution in [0.15, 0.2) is 24.3 Å². The lowest BCUT2D eigenvalue weighted by molar-refractivity contribution is -0.140. The fourth-order valence-electron chi connectivity index (χ4n) is 5.43. The molecule has 0 spiro atoms. The molecule has 0 radical (unpaired) electrons. The van der Waals surface area contributed by atoms with E-state index in [1.807, 2.05) is 20.8 Å². The monoisotopic (exact) mass is 729 g/mol. The van der Waals surface area contributed by atoms with E-state index in [-0.39, 0.29) is 66.4 Å². The molecule has 1 saturated heterocycles.